The number of hydrogen-bond acceptors (Lipinski definition) is 6. The lowest BCUT2D eigenvalue weighted by Crippen LogP contribution is -2.30. The van der Waals surface area contributed by atoms with Crippen LogP contribution in [0.25, 0.3) is 11.2 Å². The number of carbonyl (C=O) groups excluding carboxylic acids is 1. The summed E-state index contributed by atoms with van der Waals surface area (Å²) in [7, 11) is 0. The van der Waals surface area contributed by atoms with E-state index in [4.69, 9.17) is 11.6 Å². The van der Waals surface area contributed by atoms with Crippen LogP contribution in [0, 0.1) is 0 Å². The Labute approximate surface area is 141 Å². The topological polar surface area (TPSA) is 96.5 Å². The van der Waals surface area contributed by atoms with Crippen LogP contribution in [0.3, 0.4) is 0 Å². The van der Waals surface area contributed by atoms with Gasteiger partial charge in [-0.3, -0.25) is 9.78 Å². The first kappa shape index (κ1) is 15.7. The van der Waals surface area contributed by atoms with Gasteiger partial charge in [0.1, 0.15) is 10.5 Å². The molecule has 1 atom stereocenters. The molecule has 0 saturated carbocycles. The SMILES string of the molecule is CC(Sc1nc(Cl)nc2nc[nH]c12)C(=O)NCc1ccncc1. The van der Waals surface area contributed by atoms with Crippen molar-refractivity contribution < 1.29 is 4.79 Å². The fourth-order valence-corrected chi connectivity index (χ4v) is 3.07. The summed E-state index contributed by atoms with van der Waals surface area (Å²) in [6.07, 6.45) is 4.91. The zero-order valence-corrected chi connectivity index (χ0v) is 13.7. The van der Waals surface area contributed by atoms with Crippen LogP contribution < -0.4 is 5.32 Å². The van der Waals surface area contributed by atoms with E-state index in [1.165, 1.54) is 18.1 Å². The van der Waals surface area contributed by atoms with Gasteiger partial charge in [0, 0.05) is 18.9 Å². The Bertz CT molecular complexity index is 825. The van der Waals surface area contributed by atoms with Gasteiger partial charge in [0.25, 0.3) is 0 Å². The summed E-state index contributed by atoms with van der Waals surface area (Å²) < 4.78 is 0. The van der Waals surface area contributed by atoms with Gasteiger partial charge in [-0.15, -0.1) is 0 Å². The van der Waals surface area contributed by atoms with E-state index in [1.807, 2.05) is 19.1 Å². The van der Waals surface area contributed by atoms with Crippen LogP contribution >= 0.6 is 23.4 Å². The standard InChI is InChI=1S/C14H13ClN6OS/c1-8(12(22)17-6-9-2-4-16-5-3-9)23-13-10-11(19-7-18-10)20-14(15)21-13/h2-5,7-8H,6H2,1H3,(H,17,22)(H,18,19,20,21). The Balaban J connectivity index is 1.67. The fourth-order valence-electron chi connectivity index (χ4n) is 1.92. The monoisotopic (exact) mass is 348 g/mol. The molecule has 0 saturated heterocycles. The molecule has 9 heteroatoms. The first-order chi connectivity index (χ1) is 11.1. The smallest absolute Gasteiger partial charge is 0.233 e. The summed E-state index contributed by atoms with van der Waals surface area (Å²) in [6.45, 7) is 2.26. The quantitative estimate of drug-likeness (QED) is 0.417. The highest BCUT2D eigenvalue weighted by atomic mass is 35.5. The van der Waals surface area contributed by atoms with Gasteiger partial charge in [-0.1, -0.05) is 11.8 Å². The van der Waals surface area contributed by atoms with Crippen LogP contribution in [0.15, 0.2) is 35.9 Å². The molecule has 3 aromatic rings. The van der Waals surface area contributed by atoms with E-state index < -0.39 is 0 Å². The number of H-pyrrole nitrogens is 1. The number of aromatic nitrogens is 5. The van der Waals surface area contributed by atoms with Gasteiger partial charge in [-0.25, -0.2) is 9.97 Å². The molecule has 23 heavy (non-hydrogen) atoms. The molecule has 118 valence electrons. The number of aromatic amines is 1. The Morgan fingerprint density at radius 1 is 1.39 bits per heavy atom. The van der Waals surface area contributed by atoms with Crippen LogP contribution in [-0.2, 0) is 11.3 Å². The lowest BCUT2D eigenvalue weighted by Gasteiger charge is -2.12. The molecule has 1 amide bonds. The molecule has 0 bridgehead atoms. The summed E-state index contributed by atoms with van der Waals surface area (Å²) in [5.41, 5.74) is 2.15. The normalized spacial score (nSPS) is 12.3. The highest BCUT2D eigenvalue weighted by Gasteiger charge is 2.18. The number of carbonyl (C=O) groups is 1. The third-order valence-corrected chi connectivity index (χ3v) is 4.35. The number of pyridine rings is 1. The highest BCUT2D eigenvalue weighted by Crippen LogP contribution is 2.27. The first-order valence-corrected chi connectivity index (χ1v) is 8.09. The molecule has 3 aromatic heterocycles. The number of amides is 1. The maximum absolute atomic E-state index is 12.2. The third kappa shape index (κ3) is 3.77. The van der Waals surface area contributed by atoms with Gasteiger partial charge in [-0.05, 0) is 36.2 Å². The van der Waals surface area contributed by atoms with Gasteiger partial charge in [0.05, 0.1) is 11.6 Å². The molecule has 3 heterocycles. The Morgan fingerprint density at radius 2 is 2.17 bits per heavy atom. The van der Waals surface area contributed by atoms with E-state index in [2.05, 4.69) is 30.2 Å². The summed E-state index contributed by atoms with van der Waals surface area (Å²) in [4.78, 5) is 31.4. The van der Waals surface area contributed by atoms with Crippen LogP contribution in [0.4, 0.5) is 0 Å². The summed E-state index contributed by atoms with van der Waals surface area (Å²) >= 11 is 7.19. The second kappa shape index (κ2) is 6.93. The number of nitrogens with one attached hydrogen (secondary N) is 2. The van der Waals surface area contributed by atoms with Crippen molar-refractivity contribution in [3.63, 3.8) is 0 Å². The van der Waals surface area contributed by atoms with E-state index in [9.17, 15) is 4.79 Å². The van der Waals surface area contributed by atoms with Crippen molar-refractivity contribution in [1.29, 1.82) is 0 Å². The molecule has 0 aliphatic carbocycles. The minimum Gasteiger partial charge on any atom is -0.351 e. The van der Waals surface area contributed by atoms with Gasteiger partial charge >= 0.3 is 0 Å². The molecule has 0 aromatic carbocycles. The van der Waals surface area contributed by atoms with Crippen LogP contribution in [0.5, 0.6) is 0 Å². The van der Waals surface area contributed by atoms with E-state index in [1.54, 1.807) is 12.4 Å². The summed E-state index contributed by atoms with van der Waals surface area (Å²) in [6, 6.07) is 3.72. The zero-order chi connectivity index (χ0) is 16.2. The third-order valence-electron chi connectivity index (χ3n) is 3.10. The van der Waals surface area contributed by atoms with Crippen molar-refractivity contribution in [1.82, 2.24) is 30.2 Å². The zero-order valence-electron chi connectivity index (χ0n) is 12.2. The number of rotatable bonds is 5. The minimum atomic E-state index is -0.339. The Kier molecular flexibility index (Phi) is 4.73. The van der Waals surface area contributed by atoms with Crippen molar-refractivity contribution in [2.45, 2.75) is 23.7 Å². The Morgan fingerprint density at radius 3 is 2.96 bits per heavy atom. The predicted molar refractivity (Wildman–Crippen MR) is 88.1 cm³/mol. The van der Waals surface area contributed by atoms with Crippen molar-refractivity contribution in [3.8, 4) is 0 Å². The molecule has 2 N–H and O–H groups in total. The lowest BCUT2D eigenvalue weighted by molar-refractivity contribution is -0.120. The summed E-state index contributed by atoms with van der Waals surface area (Å²) in [5.74, 6) is -0.0887. The van der Waals surface area contributed by atoms with Gasteiger partial charge in [-0.2, -0.15) is 4.98 Å². The lowest BCUT2D eigenvalue weighted by atomic mass is 10.2. The van der Waals surface area contributed by atoms with E-state index in [0.717, 1.165) is 5.56 Å². The maximum atomic E-state index is 12.2. The van der Waals surface area contributed by atoms with Crippen LogP contribution in [0.2, 0.25) is 5.28 Å². The average molecular weight is 349 g/mol. The van der Waals surface area contributed by atoms with Crippen molar-refractivity contribution in [2.24, 2.45) is 0 Å². The fraction of sp³-hybridized carbons (Fsp3) is 0.214. The highest BCUT2D eigenvalue weighted by molar-refractivity contribution is 8.00. The van der Waals surface area contributed by atoms with Crippen molar-refractivity contribution in [3.05, 3.63) is 41.7 Å². The van der Waals surface area contributed by atoms with Gasteiger partial charge in [0.15, 0.2) is 5.65 Å². The largest absolute Gasteiger partial charge is 0.351 e. The second-order valence-corrected chi connectivity index (χ2v) is 6.40. The molecular formula is C14H13ClN6OS. The van der Waals surface area contributed by atoms with Crippen molar-refractivity contribution >= 4 is 40.4 Å². The van der Waals surface area contributed by atoms with Gasteiger partial charge in [0.2, 0.25) is 11.2 Å². The number of fused-ring (bicyclic) bond motifs is 1. The van der Waals surface area contributed by atoms with Crippen LogP contribution in [-0.4, -0.2) is 36.1 Å². The van der Waals surface area contributed by atoms with Gasteiger partial charge < -0.3 is 10.3 Å². The van der Waals surface area contributed by atoms with E-state index in [-0.39, 0.29) is 16.4 Å². The molecule has 0 fully saturated rings. The Hall–Kier alpha value is -2.19. The maximum Gasteiger partial charge on any atom is 0.233 e. The molecular weight excluding hydrogens is 336 g/mol. The van der Waals surface area contributed by atoms with E-state index >= 15 is 0 Å². The molecule has 0 aliphatic rings. The summed E-state index contributed by atoms with van der Waals surface area (Å²) in [5, 5.41) is 3.26. The second-order valence-electron chi connectivity index (χ2n) is 4.73. The molecule has 0 spiro atoms. The number of halogens is 1. The first-order valence-electron chi connectivity index (χ1n) is 6.83. The number of thioether (sulfide) groups is 1. The molecule has 3 rings (SSSR count). The number of imidazole rings is 1. The predicted octanol–water partition coefficient (Wildman–Crippen LogP) is 2.20. The van der Waals surface area contributed by atoms with Crippen LogP contribution in [0.1, 0.15) is 12.5 Å². The minimum absolute atomic E-state index is 0.0887. The van der Waals surface area contributed by atoms with E-state index in [0.29, 0.717) is 22.7 Å². The number of hydrogen-bond donors (Lipinski definition) is 2. The molecule has 7 nitrogen and oxygen atoms in total. The molecule has 1 unspecified atom stereocenters. The van der Waals surface area contributed by atoms with Crippen molar-refractivity contribution in [2.75, 3.05) is 0 Å². The average Bonchev–Trinajstić information content (AvgIpc) is 3.02. The number of nitrogens with zero attached hydrogens (tertiary/aromatic N) is 4. The molecule has 0 radical (unpaired) electrons. The molecule has 0 aliphatic heterocycles.